The highest BCUT2D eigenvalue weighted by Crippen LogP contribution is 2.27. The lowest BCUT2D eigenvalue weighted by atomic mass is 10.3. The molecule has 0 amide bonds. The van der Waals surface area contributed by atoms with Crippen molar-refractivity contribution in [1.29, 1.82) is 0 Å². The van der Waals surface area contributed by atoms with Crippen LogP contribution in [0.4, 0.5) is 0 Å². The Labute approximate surface area is 133 Å². The van der Waals surface area contributed by atoms with Crippen molar-refractivity contribution in [2.24, 2.45) is 0 Å². The van der Waals surface area contributed by atoms with E-state index < -0.39 is 10.4 Å². The summed E-state index contributed by atoms with van der Waals surface area (Å²) in [5, 5.41) is 0.579. The maximum atomic E-state index is 9.22. The zero-order valence-corrected chi connectivity index (χ0v) is 13.4. The van der Waals surface area contributed by atoms with Crippen LogP contribution in [-0.2, 0) is 14.6 Å². The Morgan fingerprint density at radius 1 is 1.14 bits per heavy atom. The minimum atomic E-state index is -4.41. The van der Waals surface area contributed by atoms with E-state index >= 15 is 0 Å². The summed E-state index contributed by atoms with van der Waals surface area (Å²) in [6, 6.07) is 11.0. The van der Waals surface area contributed by atoms with Gasteiger partial charge in [-0.15, -0.1) is 0 Å². The average Bonchev–Trinajstić information content (AvgIpc) is 2.50. The number of aromatic nitrogens is 1. The van der Waals surface area contributed by atoms with Crippen molar-refractivity contribution in [3.8, 4) is 11.5 Å². The molecule has 0 aliphatic rings. The monoisotopic (exact) mass is 347 g/mol. The first-order valence-electron chi connectivity index (χ1n) is 5.85. The number of hydrogen-bond donors (Lipinski definition) is 0. The third kappa shape index (κ3) is 6.72. The molecule has 0 saturated carbocycles. The van der Waals surface area contributed by atoms with Gasteiger partial charge in [0.25, 0.3) is 6.20 Å². The molecule has 1 aromatic heterocycles. The highest BCUT2D eigenvalue weighted by molar-refractivity contribution is 7.80. The van der Waals surface area contributed by atoms with Crippen LogP contribution in [0.5, 0.6) is 11.5 Å². The Kier molecular flexibility index (Phi) is 7.06. The maximum Gasteiger partial charge on any atom is 0.264 e. The second-order valence-electron chi connectivity index (χ2n) is 3.69. The molecule has 0 aliphatic heterocycles. The first-order valence-corrected chi connectivity index (χ1v) is 7.56. The largest absolute Gasteiger partial charge is 0.726 e. The van der Waals surface area contributed by atoms with Gasteiger partial charge in [0.2, 0.25) is 16.6 Å². The lowest BCUT2D eigenvalue weighted by Gasteiger charge is -2.04. The summed E-state index contributed by atoms with van der Waals surface area (Å²) in [6.07, 6.45) is 3.50. The average molecular weight is 348 g/mol. The first-order chi connectivity index (χ1) is 10.4. The van der Waals surface area contributed by atoms with Crippen molar-refractivity contribution in [2.75, 3.05) is 14.2 Å². The fraction of sp³-hybridized carbons (Fsp3) is 0.154. The van der Waals surface area contributed by atoms with Crippen LogP contribution in [0.2, 0.25) is 5.02 Å². The fourth-order valence-electron chi connectivity index (χ4n) is 1.26. The molecule has 0 aliphatic carbocycles. The van der Waals surface area contributed by atoms with Crippen LogP contribution >= 0.6 is 11.6 Å². The van der Waals surface area contributed by atoms with Crippen LogP contribution in [0.1, 0.15) is 0 Å². The van der Waals surface area contributed by atoms with Crippen molar-refractivity contribution in [1.82, 2.24) is 0 Å². The summed E-state index contributed by atoms with van der Waals surface area (Å²) in [6.45, 7) is 0. The predicted octanol–water partition coefficient (Wildman–Crippen LogP) is 1.57. The first kappa shape index (κ1) is 18.2. The molecule has 22 heavy (non-hydrogen) atoms. The van der Waals surface area contributed by atoms with E-state index in [1.807, 2.05) is 30.3 Å². The minimum Gasteiger partial charge on any atom is -0.726 e. The molecule has 1 heterocycles. The number of benzene rings is 1. The van der Waals surface area contributed by atoms with Crippen LogP contribution < -0.4 is 14.3 Å². The molecular formula is C13H14ClNO6S. The number of ether oxygens (including phenoxy) is 1. The standard InChI is InChI=1S/C12H11ClNO2.CH4O4S/c1-15-14-8-4-5-10(9-14)16-12-7-3-2-6-11(12)13;1-5-6(2,3)4/h2-9H,1H3;1H3,(H,2,3,4)/q+1;/p-1. The summed E-state index contributed by atoms with van der Waals surface area (Å²) < 4.78 is 38.2. The molecule has 1 aromatic carbocycles. The Hall–Kier alpha value is -1.87. The maximum absolute atomic E-state index is 9.22. The fourth-order valence-corrected chi connectivity index (χ4v) is 1.44. The van der Waals surface area contributed by atoms with E-state index in [0.717, 1.165) is 7.11 Å². The lowest BCUT2D eigenvalue weighted by molar-refractivity contribution is -0.885. The van der Waals surface area contributed by atoms with Crippen LogP contribution in [0.3, 0.4) is 0 Å². The van der Waals surface area contributed by atoms with E-state index in [9.17, 15) is 13.0 Å². The Morgan fingerprint density at radius 3 is 2.32 bits per heavy atom. The third-order valence-corrected chi connectivity index (χ3v) is 2.95. The summed E-state index contributed by atoms with van der Waals surface area (Å²) in [5.74, 6) is 1.29. The van der Waals surface area contributed by atoms with Gasteiger partial charge < -0.3 is 9.29 Å². The van der Waals surface area contributed by atoms with Gasteiger partial charge in [-0.05, 0) is 18.2 Å². The molecule has 2 rings (SSSR count). The molecule has 120 valence electrons. The summed E-state index contributed by atoms with van der Waals surface area (Å²) in [5.41, 5.74) is 0. The topological polar surface area (TPSA) is 88.8 Å². The Bertz CT molecular complexity index is 707. The molecular weight excluding hydrogens is 334 g/mol. The van der Waals surface area contributed by atoms with Crippen LogP contribution in [0.25, 0.3) is 0 Å². The lowest BCUT2D eigenvalue weighted by Crippen LogP contribution is -2.39. The SMILES string of the molecule is COS(=O)(=O)[O-].CO[n+]1cccc(Oc2ccccc2Cl)c1. The smallest absolute Gasteiger partial charge is 0.264 e. The zero-order valence-electron chi connectivity index (χ0n) is 11.8. The van der Waals surface area contributed by atoms with Crippen molar-refractivity contribution in [2.45, 2.75) is 0 Å². The van der Waals surface area contributed by atoms with Gasteiger partial charge in [-0.1, -0.05) is 23.7 Å². The number of hydrogen-bond acceptors (Lipinski definition) is 6. The summed E-state index contributed by atoms with van der Waals surface area (Å²) >= 11 is 5.98. The van der Waals surface area contributed by atoms with Gasteiger partial charge in [-0.25, -0.2) is 8.42 Å². The van der Waals surface area contributed by atoms with Gasteiger partial charge >= 0.3 is 0 Å². The molecule has 0 saturated heterocycles. The number of rotatable bonds is 4. The number of pyridine rings is 1. The van der Waals surface area contributed by atoms with E-state index in [2.05, 4.69) is 4.18 Å². The van der Waals surface area contributed by atoms with E-state index in [0.29, 0.717) is 16.5 Å². The number of nitrogens with zero attached hydrogens (tertiary/aromatic N) is 1. The predicted molar refractivity (Wildman–Crippen MR) is 77.4 cm³/mol. The van der Waals surface area contributed by atoms with Crippen molar-refractivity contribution in [3.63, 3.8) is 0 Å². The third-order valence-electron chi connectivity index (χ3n) is 2.23. The second kappa shape index (κ2) is 8.54. The van der Waals surface area contributed by atoms with Crippen molar-refractivity contribution < 1.29 is 31.5 Å². The molecule has 7 nitrogen and oxygen atoms in total. The highest BCUT2D eigenvalue weighted by atomic mass is 35.5. The summed E-state index contributed by atoms with van der Waals surface area (Å²) in [4.78, 5) is 5.03. The summed E-state index contributed by atoms with van der Waals surface area (Å²) in [7, 11) is -2.02. The Balaban J connectivity index is 0.000000346. The number of para-hydroxylation sites is 1. The molecule has 0 fully saturated rings. The molecule has 2 aromatic rings. The van der Waals surface area contributed by atoms with E-state index in [-0.39, 0.29) is 0 Å². The van der Waals surface area contributed by atoms with Gasteiger partial charge in [0.15, 0.2) is 5.75 Å². The van der Waals surface area contributed by atoms with Gasteiger partial charge in [-0.3, -0.25) is 9.02 Å². The molecule has 0 N–H and O–H groups in total. The minimum absolute atomic E-state index is 0.579. The van der Waals surface area contributed by atoms with Crippen molar-refractivity contribution in [3.05, 3.63) is 53.8 Å². The van der Waals surface area contributed by atoms with E-state index in [1.165, 1.54) is 0 Å². The molecule has 9 heteroatoms. The quantitative estimate of drug-likeness (QED) is 0.474. The highest BCUT2D eigenvalue weighted by Gasteiger charge is 2.06. The van der Waals surface area contributed by atoms with E-state index in [1.54, 1.807) is 30.3 Å². The number of halogens is 1. The molecule has 0 radical (unpaired) electrons. The van der Waals surface area contributed by atoms with Gasteiger partial charge in [0.1, 0.15) is 12.9 Å². The molecule has 0 bridgehead atoms. The molecule has 0 spiro atoms. The van der Waals surface area contributed by atoms with Crippen molar-refractivity contribution >= 4 is 22.0 Å². The van der Waals surface area contributed by atoms with Crippen LogP contribution in [0, 0.1) is 0 Å². The Morgan fingerprint density at radius 2 is 1.77 bits per heavy atom. The van der Waals surface area contributed by atoms with Gasteiger partial charge in [0, 0.05) is 10.8 Å². The normalized spacial score (nSPS) is 10.4. The van der Waals surface area contributed by atoms with Gasteiger partial charge in [-0.2, -0.15) is 0 Å². The second-order valence-corrected chi connectivity index (χ2v) is 5.25. The molecule has 0 atom stereocenters. The van der Waals surface area contributed by atoms with Gasteiger partial charge in [0.05, 0.1) is 12.1 Å². The van der Waals surface area contributed by atoms with E-state index in [4.69, 9.17) is 21.2 Å². The zero-order chi connectivity index (χ0) is 16.6. The van der Waals surface area contributed by atoms with Crippen LogP contribution in [0.15, 0.2) is 48.8 Å². The molecule has 0 unspecified atom stereocenters. The van der Waals surface area contributed by atoms with Crippen LogP contribution in [-0.4, -0.2) is 27.2 Å².